The Balaban J connectivity index is 1.98. The number of carbonyl (C=O) groups is 2. The minimum atomic E-state index is -0.911. The average Bonchev–Trinajstić information content (AvgIpc) is 2.62. The van der Waals surface area contributed by atoms with Gasteiger partial charge in [-0.3, -0.25) is 4.79 Å². The van der Waals surface area contributed by atoms with E-state index in [9.17, 15) is 9.59 Å². The van der Waals surface area contributed by atoms with Crippen molar-refractivity contribution < 1.29 is 14.3 Å². The maximum Gasteiger partial charge on any atom is 0.340 e. The third kappa shape index (κ3) is 5.57. The van der Waals surface area contributed by atoms with E-state index in [2.05, 4.69) is 17.2 Å². The molecule has 2 rings (SSSR count). The number of benzene rings is 1. The van der Waals surface area contributed by atoms with Crippen molar-refractivity contribution in [1.82, 2.24) is 10.3 Å². The summed E-state index contributed by atoms with van der Waals surface area (Å²) in [5.74, 6) is -0.948. The quantitative estimate of drug-likeness (QED) is 0.600. The number of esters is 1. The van der Waals surface area contributed by atoms with E-state index in [0.29, 0.717) is 0 Å². The number of rotatable bonds is 7. The van der Waals surface area contributed by atoms with Crippen molar-refractivity contribution in [1.29, 1.82) is 0 Å². The summed E-state index contributed by atoms with van der Waals surface area (Å²) in [6, 6.07) is 12.6. The summed E-state index contributed by atoms with van der Waals surface area (Å²) in [6.45, 7) is 3.60. The smallest absolute Gasteiger partial charge is 0.340 e. The number of nitrogens with zero attached hydrogens (tertiary/aromatic N) is 1. The highest BCUT2D eigenvalue weighted by Crippen LogP contribution is 2.18. The van der Waals surface area contributed by atoms with Crippen LogP contribution in [0.1, 0.15) is 48.7 Å². The van der Waals surface area contributed by atoms with Crippen molar-refractivity contribution in [3.8, 4) is 0 Å². The Kier molecular flexibility index (Phi) is 6.95. The molecule has 0 fully saturated rings. The van der Waals surface area contributed by atoms with Crippen molar-refractivity contribution in [3.05, 3.63) is 64.9 Å². The first kappa shape index (κ1) is 18.9. The molecule has 0 radical (unpaired) electrons. The van der Waals surface area contributed by atoms with Crippen LogP contribution in [-0.4, -0.2) is 23.0 Å². The Labute approximate surface area is 152 Å². The molecule has 0 saturated heterocycles. The summed E-state index contributed by atoms with van der Waals surface area (Å²) in [6.07, 6.45) is 2.13. The molecule has 2 unspecified atom stereocenters. The van der Waals surface area contributed by atoms with Gasteiger partial charge in [-0.05, 0) is 31.0 Å². The maximum atomic E-state index is 12.4. The molecular formula is C19H21ClN2O3. The van der Waals surface area contributed by atoms with Crippen molar-refractivity contribution >= 4 is 23.5 Å². The number of hydrogen-bond donors (Lipinski definition) is 1. The molecule has 0 spiro atoms. The summed E-state index contributed by atoms with van der Waals surface area (Å²) < 4.78 is 5.22. The number of amides is 1. The fourth-order valence-electron chi connectivity index (χ4n) is 2.36. The number of halogens is 1. The van der Waals surface area contributed by atoms with Gasteiger partial charge in [-0.15, -0.1) is 0 Å². The first-order chi connectivity index (χ1) is 12.0. The molecule has 0 aliphatic rings. The molecule has 2 atom stereocenters. The number of ether oxygens (including phenoxy) is 1. The number of carbonyl (C=O) groups excluding carboxylic acids is 2. The van der Waals surface area contributed by atoms with Gasteiger partial charge in [0, 0.05) is 6.20 Å². The molecule has 1 N–H and O–H groups in total. The first-order valence-corrected chi connectivity index (χ1v) is 8.57. The van der Waals surface area contributed by atoms with E-state index in [1.54, 1.807) is 6.92 Å². The Bertz CT molecular complexity index is 704. The number of nitrogens with one attached hydrogen (secondary N) is 1. The minimum absolute atomic E-state index is 0.114. The van der Waals surface area contributed by atoms with Crippen molar-refractivity contribution in [2.45, 2.75) is 38.8 Å². The molecule has 0 aliphatic heterocycles. The molecule has 0 bridgehead atoms. The van der Waals surface area contributed by atoms with E-state index in [1.807, 2.05) is 30.3 Å². The zero-order valence-electron chi connectivity index (χ0n) is 14.2. The molecule has 1 heterocycles. The van der Waals surface area contributed by atoms with Gasteiger partial charge < -0.3 is 10.1 Å². The summed E-state index contributed by atoms with van der Waals surface area (Å²) in [7, 11) is 0. The van der Waals surface area contributed by atoms with Crippen LogP contribution >= 0.6 is 11.6 Å². The van der Waals surface area contributed by atoms with Crippen LogP contribution in [0, 0.1) is 0 Å². The van der Waals surface area contributed by atoms with E-state index >= 15 is 0 Å². The van der Waals surface area contributed by atoms with E-state index in [0.717, 1.165) is 18.4 Å². The molecule has 1 aromatic heterocycles. The lowest BCUT2D eigenvalue weighted by atomic mass is 10.0. The van der Waals surface area contributed by atoms with Crippen LogP contribution in [0.25, 0.3) is 0 Å². The van der Waals surface area contributed by atoms with E-state index in [1.165, 1.54) is 18.3 Å². The zero-order valence-corrected chi connectivity index (χ0v) is 15.0. The summed E-state index contributed by atoms with van der Waals surface area (Å²) in [5, 5.41) is 3.23. The van der Waals surface area contributed by atoms with E-state index in [-0.39, 0.29) is 22.7 Å². The van der Waals surface area contributed by atoms with Gasteiger partial charge in [0.2, 0.25) is 0 Å². The van der Waals surface area contributed by atoms with Crippen LogP contribution in [0.15, 0.2) is 48.7 Å². The highest BCUT2D eigenvalue weighted by molar-refractivity contribution is 6.29. The monoisotopic (exact) mass is 360 g/mol. The molecule has 6 heteroatoms. The van der Waals surface area contributed by atoms with Crippen LogP contribution < -0.4 is 5.32 Å². The third-order valence-corrected chi connectivity index (χ3v) is 3.94. The molecule has 0 aliphatic carbocycles. The Hall–Kier alpha value is -2.40. The molecular weight excluding hydrogens is 340 g/mol. The predicted molar refractivity (Wildman–Crippen MR) is 96.4 cm³/mol. The molecule has 0 saturated carbocycles. The summed E-state index contributed by atoms with van der Waals surface area (Å²) >= 11 is 5.69. The topological polar surface area (TPSA) is 68.3 Å². The second kappa shape index (κ2) is 9.18. The summed E-state index contributed by atoms with van der Waals surface area (Å²) in [5.41, 5.74) is 1.27. The molecule has 2 aromatic rings. The van der Waals surface area contributed by atoms with Crippen LogP contribution in [0.3, 0.4) is 0 Å². The molecule has 1 amide bonds. The lowest BCUT2D eigenvalue weighted by molar-refractivity contribution is -0.129. The van der Waals surface area contributed by atoms with Gasteiger partial charge in [0.05, 0.1) is 11.6 Å². The highest BCUT2D eigenvalue weighted by Gasteiger charge is 2.22. The van der Waals surface area contributed by atoms with E-state index in [4.69, 9.17) is 16.3 Å². The zero-order chi connectivity index (χ0) is 18.2. The number of hydrogen-bond acceptors (Lipinski definition) is 4. The molecule has 132 valence electrons. The van der Waals surface area contributed by atoms with Gasteiger partial charge in [0.1, 0.15) is 5.15 Å². The van der Waals surface area contributed by atoms with Crippen molar-refractivity contribution in [3.63, 3.8) is 0 Å². The fraction of sp³-hybridized carbons (Fsp3) is 0.316. The minimum Gasteiger partial charge on any atom is -0.449 e. The standard InChI is InChI=1S/C19H21ClN2O3/c1-3-7-16(14-8-5-4-6-9-14)22-18(23)13(2)25-19(24)15-10-11-17(20)21-12-15/h4-6,8-13,16H,3,7H2,1-2H3,(H,22,23). The van der Waals surface area contributed by atoms with Gasteiger partial charge in [-0.25, -0.2) is 9.78 Å². The highest BCUT2D eigenvalue weighted by atomic mass is 35.5. The fourth-order valence-corrected chi connectivity index (χ4v) is 2.48. The van der Waals surface area contributed by atoms with Gasteiger partial charge >= 0.3 is 5.97 Å². The van der Waals surface area contributed by atoms with Crippen LogP contribution in [0.2, 0.25) is 5.15 Å². The second-order valence-electron chi connectivity index (χ2n) is 5.68. The summed E-state index contributed by atoms with van der Waals surface area (Å²) in [4.78, 5) is 28.3. The Morgan fingerprint density at radius 1 is 1.20 bits per heavy atom. The molecule has 25 heavy (non-hydrogen) atoms. The first-order valence-electron chi connectivity index (χ1n) is 8.19. The Morgan fingerprint density at radius 2 is 1.92 bits per heavy atom. The normalized spacial score (nSPS) is 12.9. The van der Waals surface area contributed by atoms with E-state index < -0.39 is 12.1 Å². The average molecular weight is 361 g/mol. The number of aromatic nitrogens is 1. The van der Waals surface area contributed by atoms with Gasteiger partial charge in [-0.2, -0.15) is 0 Å². The Morgan fingerprint density at radius 3 is 2.52 bits per heavy atom. The van der Waals surface area contributed by atoms with Crippen LogP contribution in [0.4, 0.5) is 0 Å². The van der Waals surface area contributed by atoms with Gasteiger partial charge in [0.25, 0.3) is 5.91 Å². The molecule has 5 nitrogen and oxygen atoms in total. The number of pyridine rings is 1. The van der Waals surface area contributed by atoms with Crippen LogP contribution in [-0.2, 0) is 9.53 Å². The van der Waals surface area contributed by atoms with Crippen molar-refractivity contribution in [2.24, 2.45) is 0 Å². The largest absolute Gasteiger partial charge is 0.449 e. The lowest BCUT2D eigenvalue weighted by Crippen LogP contribution is -2.38. The predicted octanol–water partition coefficient (Wildman–Crippen LogP) is 3.94. The second-order valence-corrected chi connectivity index (χ2v) is 6.06. The van der Waals surface area contributed by atoms with Crippen molar-refractivity contribution in [2.75, 3.05) is 0 Å². The maximum absolute atomic E-state index is 12.4. The van der Waals surface area contributed by atoms with Gasteiger partial charge in [0.15, 0.2) is 6.10 Å². The lowest BCUT2D eigenvalue weighted by Gasteiger charge is -2.21. The van der Waals surface area contributed by atoms with Gasteiger partial charge in [-0.1, -0.05) is 55.3 Å². The third-order valence-electron chi connectivity index (χ3n) is 3.71. The SMILES string of the molecule is CCCC(NC(=O)C(C)OC(=O)c1ccc(Cl)nc1)c1ccccc1. The molecule has 1 aromatic carbocycles. The van der Waals surface area contributed by atoms with Crippen LogP contribution in [0.5, 0.6) is 0 Å².